The number of carbonyl (C=O) groups is 3. The number of allylic oxidation sites excluding steroid dienone is 2. The summed E-state index contributed by atoms with van der Waals surface area (Å²) in [5.74, 6) is -0.641. The highest BCUT2D eigenvalue weighted by Crippen LogP contribution is 2.44. The van der Waals surface area contributed by atoms with Crippen LogP contribution in [0.2, 0.25) is 0 Å². The van der Waals surface area contributed by atoms with Crippen LogP contribution in [0.3, 0.4) is 0 Å². The third-order valence-corrected chi connectivity index (χ3v) is 12.8. The summed E-state index contributed by atoms with van der Waals surface area (Å²) in [4.78, 5) is 36.2. The van der Waals surface area contributed by atoms with Gasteiger partial charge in [-0.05, 0) is 86.8 Å². The summed E-state index contributed by atoms with van der Waals surface area (Å²) in [6.45, 7) is 17.3. The van der Waals surface area contributed by atoms with Gasteiger partial charge >= 0.3 is 5.97 Å². The van der Waals surface area contributed by atoms with E-state index in [4.69, 9.17) is 4.74 Å². The molecule has 5 rings (SSSR count). The number of hydrogen-bond donors (Lipinski definition) is 5. The highest BCUT2D eigenvalue weighted by Gasteiger charge is 2.42. The Balaban J connectivity index is 0.000000281. The molecule has 0 aliphatic heterocycles. The molecule has 3 aromatic rings. The van der Waals surface area contributed by atoms with Crippen LogP contribution < -0.4 is 0 Å². The predicted octanol–water partition coefficient (Wildman–Crippen LogP) is 9.35. The van der Waals surface area contributed by atoms with Gasteiger partial charge in [-0.2, -0.15) is 0 Å². The molecule has 64 heavy (non-hydrogen) atoms. The van der Waals surface area contributed by atoms with Crippen LogP contribution in [-0.2, 0) is 19.1 Å². The molecule has 0 saturated heterocycles. The number of nitrogens with zero attached hydrogens (tertiary/aromatic N) is 1. The summed E-state index contributed by atoms with van der Waals surface area (Å²) in [5, 5.41) is 52.8. The molecule has 0 amide bonds. The number of benzene rings is 2. The summed E-state index contributed by atoms with van der Waals surface area (Å²) < 4.78 is 21.6. The van der Waals surface area contributed by atoms with Crippen molar-refractivity contribution < 1.29 is 49.0 Å². The predicted molar refractivity (Wildman–Crippen MR) is 251 cm³/mol. The van der Waals surface area contributed by atoms with Crippen LogP contribution in [0.1, 0.15) is 125 Å². The van der Waals surface area contributed by atoms with Gasteiger partial charge in [0.15, 0.2) is 0 Å². The topological polar surface area (TPSA) is 167 Å². The molecular weight excluding hydrogens is 814 g/mol. The van der Waals surface area contributed by atoms with E-state index in [-0.39, 0.29) is 90.6 Å². The molecule has 0 radical (unpaired) electrons. The fourth-order valence-electron chi connectivity index (χ4n) is 8.82. The van der Waals surface area contributed by atoms with E-state index in [0.29, 0.717) is 25.7 Å². The Labute approximate surface area is 379 Å². The molecule has 0 spiro atoms. The van der Waals surface area contributed by atoms with E-state index in [9.17, 15) is 44.3 Å². The third-order valence-electron chi connectivity index (χ3n) is 12.8. The van der Waals surface area contributed by atoms with Gasteiger partial charge in [-0.1, -0.05) is 103 Å². The van der Waals surface area contributed by atoms with Crippen molar-refractivity contribution in [2.45, 2.75) is 156 Å². The van der Waals surface area contributed by atoms with Gasteiger partial charge in [0.05, 0.1) is 36.4 Å². The normalized spacial score (nSPS) is 22.2. The van der Waals surface area contributed by atoms with Crippen LogP contribution in [0.15, 0.2) is 78.4 Å². The highest BCUT2D eigenvalue weighted by atomic mass is 19.1. The van der Waals surface area contributed by atoms with Gasteiger partial charge in [-0.15, -0.1) is 0 Å². The molecule has 10 nitrogen and oxygen atoms in total. The smallest absolute Gasteiger partial charge is 0.308 e. The van der Waals surface area contributed by atoms with Crippen LogP contribution >= 0.6 is 0 Å². The molecule has 2 aliphatic carbocycles. The monoisotopic (exact) mass is 888 g/mol. The first-order chi connectivity index (χ1) is 30.2. The largest absolute Gasteiger partial charge is 0.461 e. The molecular formula is C53H74FNO9. The van der Waals surface area contributed by atoms with E-state index < -0.39 is 36.6 Å². The second kappa shape index (κ2) is 24.3. The molecule has 1 aromatic heterocycles. The molecule has 352 valence electrons. The van der Waals surface area contributed by atoms with E-state index >= 15 is 0 Å². The molecule has 10 atom stereocenters. The van der Waals surface area contributed by atoms with Crippen molar-refractivity contribution in [3.05, 3.63) is 89.9 Å². The van der Waals surface area contributed by atoms with E-state index in [1.54, 1.807) is 45.9 Å². The zero-order chi connectivity index (χ0) is 47.4. The maximum atomic E-state index is 13.6. The molecule has 11 heteroatoms. The number of aromatic nitrogens is 1. The zero-order valence-corrected chi connectivity index (χ0v) is 39.4. The lowest BCUT2D eigenvalue weighted by Gasteiger charge is -2.43. The van der Waals surface area contributed by atoms with Gasteiger partial charge in [0.2, 0.25) is 0 Å². The van der Waals surface area contributed by atoms with Crippen molar-refractivity contribution in [1.29, 1.82) is 0 Å². The van der Waals surface area contributed by atoms with E-state index in [1.807, 2.05) is 50.3 Å². The minimum atomic E-state index is -0.898. The van der Waals surface area contributed by atoms with Crippen molar-refractivity contribution in [2.75, 3.05) is 0 Å². The summed E-state index contributed by atoms with van der Waals surface area (Å²) in [6, 6.07) is 14.6. The maximum absolute atomic E-state index is 13.6. The molecule has 0 saturated carbocycles. The van der Waals surface area contributed by atoms with Crippen LogP contribution in [0.5, 0.6) is 0 Å². The minimum Gasteiger partial charge on any atom is -0.461 e. The number of fused-ring (bicyclic) bond motifs is 2. The summed E-state index contributed by atoms with van der Waals surface area (Å²) >= 11 is 0. The molecule has 2 aromatic carbocycles. The Morgan fingerprint density at radius 1 is 0.859 bits per heavy atom. The number of hydrogen-bond acceptors (Lipinski definition) is 9. The zero-order valence-electron chi connectivity index (χ0n) is 39.4. The first kappa shape index (κ1) is 52.4. The fraction of sp³-hybridized carbons (Fsp3) is 0.566. The molecule has 0 bridgehead atoms. The summed E-state index contributed by atoms with van der Waals surface area (Å²) in [7, 11) is 0. The number of carbonyl (C=O) groups excluding carboxylic acids is 3. The lowest BCUT2D eigenvalue weighted by atomic mass is 9.66. The van der Waals surface area contributed by atoms with Gasteiger partial charge in [-0.25, -0.2) is 4.39 Å². The number of ether oxygens (including phenoxy) is 1. The Morgan fingerprint density at radius 2 is 1.47 bits per heavy atom. The Hall–Kier alpha value is -4.26. The van der Waals surface area contributed by atoms with Gasteiger partial charge in [-0.3, -0.25) is 14.4 Å². The highest BCUT2D eigenvalue weighted by molar-refractivity contribution is 6.01. The first-order valence-electron chi connectivity index (χ1n) is 23.3. The number of ketones is 2. The molecule has 10 unspecified atom stereocenters. The lowest BCUT2D eigenvalue weighted by Crippen LogP contribution is -2.43. The van der Waals surface area contributed by atoms with Gasteiger partial charge in [0.1, 0.15) is 23.5 Å². The molecule has 2 aliphatic rings. The van der Waals surface area contributed by atoms with Crippen molar-refractivity contribution >= 4 is 34.5 Å². The Bertz CT molecular complexity index is 2080. The fourth-order valence-corrected chi connectivity index (χ4v) is 8.82. The van der Waals surface area contributed by atoms with Crippen molar-refractivity contribution in [3.63, 3.8) is 0 Å². The average molecular weight is 888 g/mol. The van der Waals surface area contributed by atoms with Gasteiger partial charge in [0, 0.05) is 71.6 Å². The summed E-state index contributed by atoms with van der Waals surface area (Å²) in [6.07, 6.45) is 7.78. The number of rotatable bonds is 20. The van der Waals surface area contributed by atoms with Crippen molar-refractivity contribution in [2.24, 2.45) is 35.5 Å². The molecule has 0 fully saturated rings. The number of para-hydroxylation sites is 1. The Kier molecular flexibility index (Phi) is 19.9. The second-order valence-electron chi connectivity index (χ2n) is 19.0. The second-order valence-corrected chi connectivity index (χ2v) is 19.0. The third kappa shape index (κ3) is 14.4. The maximum Gasteiger partial charge on any atom is 0.308 e. The van der Waals surface area contributed by atoms with Crippen molar-refractivity contribution in [3.8, 4) is 11.1 Å². The quantitative estimate of drug-likeness (QED) is 0.0695. The number of aliphatic hydroxyl groups excluding tert-OH is 5. The lowest BCUT2D eigenvalue weighted by molar-refractivity contribution is -0.159. The van der Waals surface area contributed by atoms with Gasteiger partial charge in [0.25, 0.3) is 0 Å². The van der Waals surface area contributed by atoms with Crippen LogP contribution in [0, 0.1) is 41.3 Å². The summed E-state index contributed by atoms with van der Waals surface area (Å²) in [5.41, 5.74) is 4.80. The van der Waals surface area contributed by atoms with E-state index in [0.717, 1.165) is 33.3 Å². The van der Waals surface area contributed by atoms with Crippen LogP contribution in [0.4, 0.5) is 4.39 Å². The number of esters is 1. The number of halogens is 1. The number of Topliss-reactive ketones (excluding diaryl/α,β-unsaturated/α-hetero) is 2. The Morgan fingerprint density at radius 3 is 2.06 bits per heavy atom. The van der Waals surface area contributed by atoms with Crippen LogP contribution in [-0.4, -0.2) is 84.3 Å². The van der Waals surface area contributed by atoms with E-state index in [2.05, 4.69) is 37.5 Å². The average Bonchev–Trinajstić information content (AvgIpc) is 3.57. The minimum absolute atomic E-state index is 0.00255. The van der Waals surface area contributed by atoms with Gasteiger partial charge < -0.3 is 34.8 Å². The van der Waals surface area contributed by atoms with Crippen LogP contribution in [0.25, 0.3) is 28.1 Å². The molecule has 1 heterocycles. The van der Waals surface area contributed by atoms with Crippen molar-refractivity contribution in [1.82, 2.24) is 4.57 Å². The number of aliphatic hydroxyl groups is 5. The SMILES string of the molecule is CC(C)C(=O)CC(O)CC(O)/C=C/c1c(-c2ccc(F)cc2)c2ccccc2n1C(C)C.CCC(C)C(=O)OC1CC(O)C=C2C=CC(C)C(CCC(O)CC(O)CC(=O)C(C)C)C21. The standard InChI is InChI=1S/C27H32FNO3.C26H42O6/c1-17(2)26(32)16-22(31)15-21(30)13-14-25-27(19-9-11-20(28)12-10-19)23-7-5-6-8-24(23)29(25)18(3)4;1-6-16(4)26(31)32-24-14-20(28)11-18-8-7-17(5)22(25(18)24)10-9-19(27)12-21(29)13-23(30)15(2)3/h5-14,17-18,21-22,30-31H,15-16H2,1-4H3;7-8,11,15-17,19-22,24-25,27-29H,6,9-10,12-14H2,1-5H3/b14-13+;. The first-order valence-corrected chi connectivity index (χ1v) is 23.3. The van der Waals surface area contributed by atoms with E-state index in [1.165, 1.54) is 12.1 Å². The molecule has 5 N–H and O–H groups in total.